The highest BCUT2D eigenvalue weighted by atomic mass is 16.7. The zero-order valence-corrected chi connectivity index (χ0v) is 28.9. The zero-order chi connectivity index (χ0) is 37.9. The van der Waals surface area contributed by atoms with Gasteiger partial charge in [0.1, 0.15) is 25.4 Å². The van der Waals surface area contributed by atoms with Gasteiger partial charge >= 0.3 is 35.9 Å². The Bertz CT molecular complexity index is 1620. The first-order chi connectivity index (χ1) is 24.7. The Hall–Kier alpha value is -5.55. The second-order valence-corrected chi connectivity index (χ2v) is 11.9. The lowest BCUT2D eigenvalue weighted by molar-refractivity contribution is -0.307. The summed E-state index contributed by atoms with van der Waals surface area (Å²) < 4.78 is 37.9. The van der Waals surface area contributed by atoms with Crippen molar-refractivity contribution in [2.24, 2.45) is 0 Å². The second-order valence-electron chi connectivity index (χ2n) is 11.9. The largest absolute Gasteiger partial charge is 0.480 e. The van der Waals surface area contributed by atoms with Crippen LogP contribution in [0.25, 0.3) is 11.1 Å². The van der Waals surface area contributed by atoms with Gasteiger partial charge in [-0.2, -0.15) is 0 Å². The number of carbonyl (C=O) groups is 7. The van der Waals surface area contributed by atoms with E-state index in [-0.39, 0.29) is 25.7 Å². The average Bonchev–Trinajstić information content (AvgIpc) is 3.39. The van der Waals surface area contributed by atoms with E-state index >= 15 is 0 Å². The Kier molecular flexibility index (Phi) is 13.7. The van der Waals surface area contributed by atoms with Crippen LogP contribution in [0.4, 0.5) is 4.79 Å². The Morgan fingerprint density at radius 2 is 1.29 bits per heavy atom. The fraction of sp³-hybridized carbons (Fsp3) is 0.457. The van der Waals surface area contributed by atoms with Crippen molar-refractivity contribution in [2.75, 3.05) is 26.4 Å². The van der Waals surface area contributed by atoms with Gasteiger partial charge in [-0.05, 0) is 22.3 Å². The number of nitrogens with one attached hydrogen (secondary N) is 2. The summed E-state index contributed by atoms with van der Waals surface area (Å²) in [4.78, 5) is 84.6. The predicted octanol–water partition coefficient (Wildman–Crippen LogP) is 1.58. The molecule has 0 saturated carbocycles. The number of rotatable bonds is 15. The molecule has 0 bridgehead atoms. The van der Waals surface area contributed by atoms with E-state index in [0.29, 0.717) is 0 Å². The van der Waals surface area contributed by atoms with Gasteiger partial charge in [-0.3, -0.25) is 24.0 Å². The number of fused-ring (bicyclic) bond motifs is 3. The van der Waals surface area contributed by atoms with E-state index in [1.165, 1.54) is 0 Å². The third kappa shape index (κ3) is 10.5. The molecular weight excluding hydrogens is 688 g/mol. The van der Waals surface area contributed by atoms with E-state index < -0.39 is 91.6 Å². The number of benzene rings is 2. The molecule has 1 heterocycles. The summed E-state index contributed by atoms with van der Waals surface area (Å²) in [5.41, 5.74) is 3.98. The first kappa shape index (κ1) is 39.2. The number of hydrogen-bond acceptors (Lipinski definition) is 14. The van der Waals surface area contributed by atoms with Gasteiger partial charge < -0.3 is 48.9 Å². The van der Waals surface area contributed by atoms with Crippen molar-refractivity contribution in [3.63, 3.8) is 0 Å². The molecule has 17 heteroatoms. The molecule has 6 atom stereocenters. The van der Waals surface area contributed by atoms with Gasteiger partial charge in [0.15, 0.2) is 24.6 Å². The third-order valence-corrected chi connectivity index (χ3v) is 7.98. The molecule has 2 amide bonds. The van der Waals surface area contributed by atoms with Crippen LogP contribution in [-0.4, -0.2) is 110 Å². The molecule has 17 nitrogen and oxygen atoms in total. The number of carboxylic acid groups (broad SMARTS) is 1. The molecule has 2 aromatic rings. The number of ether oxygens (including phenoxy) is 7. The molecule has 0 unspecified atom stereocenters. The van der Waals surface area contributed by atoms with Crippen LogP contribution in [0.1, 0.15) is 51.2 Å². The standard InChI is InChI=1S/C35H40N2O15/c1-18(38)47-17-28-30(49-19(2)39)31(50-20(3)40)32(51-21(4)41)34(52-28)46-14-13-36-29(42)15-27(33(43)44)37-35(45)48-16-26-24-11-7-5-9-22(24)23-10-6-8-12-25(23)26/h5-12,26-28,30-32,34H,13-17H2,1-4H3,(H,36,42)(H,37,45)(H,43,44)/t27-,28+,30+,31-,32-,34-/m0/s1. The number of aliphatic carboxylic acids is 1. The van der Waals surface area contributed by atoms with Crippen molar-refractivity contribution < 1.29 is 71.8 Å². The maximum absolute atomic E-state index is 12.7. The van der Waals surface area contributed by atoms with Gasteiger partial charge in [0.05, 0.1) is 13.0 Å². The van der Waals surface area contributed by atoms with Crippen LogP contribution in [0.15, 0.2) is 48.5 Å². The zero-order valence-electron chi connectivity index (χ0n) is 28.9. The Morgan fingerprint density at radius 3 is 1.85 bits per heavy atom. The normalized spacial score (nSPS) is 21.0. The second kappa shape index (κ2) is 18.1. The van der Waals surface area contributed by atoms with E-state index in [9.17, 15) is 38.7 Å². The summed E-state index contributed by atoms with van der Waals surface area (Å²) in [5, 5.41) is 14.4. The maximum atomic E-state index is 12.7. The van der Waals surface area contributed by atoms with E-state index in [1.807, 2.05) is 48.5 Å². The summed E-state index contributed by atoms with van der Waals surface area (Å²) >= 11 is 0. The Morgan fingerprint density at radius 1 is 0.731 bits per heavy atom. The molecule has 1 fully saturated rings. The minimum Gasteiger partial charge on any atom is -0.480 e. The van der Waals surface area contributed by atoms with Crippen molar-refractivity contribution in [1.29, 1.82) is 0 Å². The van der Waals surface area contributed by atoms with E-state index in [4.69, 9.17) is 33.2 Å². The quantitative estimate of drug-likeness (QED) is 0.134. The SMILES string of the molecule is CC(=O)OC[C@H]1O[C@H](OCCNC(=O)C[C@H](NC(=O)OCC2c3ccccc3-c3ccccc32)C(=O)O)[C@@H](OC(C)=O)[C@@H](OC(C)=O)[C@@H]1OC(C)=O. The van der Waals surface area contributed by atoms with E-state index in [0.717, 1.165) is 49.9 Å². The lowest BCUT2D eigenvalue weighted by Gasteiger charge is -2.44. The molecular formula is C35H40N2O15. The fourth-order valence-corrected chi connectivity index (χ4v) is 5.93. The molecule has 1 saturated heterocycles. The summed E-state index contributed by atoms with van der Waals surface area (Å²) in [5.74, 6) is -5.63. The molecule has 4 rings (SSSR count). The molecule has 3 N–H and O–H groups in total. The van der Waals surface area contributed by atoms with Crippen LogP contribution in [-0.2, 0) is 61.9 Å². The van der Waals surface area contributed by atoms with Gasteiger partial charge in [-0.25, -0.2) is 9.59 Å². The topological polar surface area (TPSA) is 228 Å². The summed E-state index contributed by atoms with van der Waals surface area (Å²) in [6.07, 6.45) is -8.66. The third-order valence-electron chi connectivity index (χ3n) is 7.98. The highest BCUT2D eigenvalue weighted by molar-refractivity contribution is 5.87. The lowest BCUT2D eigenvalue weighted by atomic mass is 9.98. The molecule has 0 radical (unpaired) electrons. The molecule has 52 heavy (non-hydrogen) atoms. The van der Waals surface area contributed by atoms with Gasteiger partial charge in [0.2, 0.25) is 5.91 Å². The first-order valence-electron chi connectivity index (χ1n) is 16.3. The van der Waals surface area contributed by atoms with Crippen molar-refractivity contribution in [2.45, 2.75) is 76.8 Å². The smallest absolute Gasteiger partial charge is 0.407 e. The summed E-state index contributed by atoms with van der Waals surface area (Å²) in [6.45, 7) is 3.32. The van der Waals surface area contributed by atoms with Crippen LogP contribution >= 0.6 is 0 Å². The van der Waals surface area contributed by atoms with Crippen molar-refractivity contribution in [3.05, 3.63) is 59.7 Å². The highest BCUT2D eigenvalue weighted by Crippen LogP contribution is 2.44. The van der Waals surface area contributed by atoms with Gasteiger partial charge in [0.25, 0.3) is 0 Å². The number of carbonyl (C=O) groups excluding carboxylic acids is 6. The molecule has 1 aliphatic heterocycles. The predicted molar refractivity (Wildman–Crippen MR) is 175 cm³/mol. The van der Waals surface area contributed by atoms with Crippen molar-refractivity contribution >= 4 is 41.8 Å². The molecule has 2 aliphatic rings. The average molecular weight is 729 g/mol. The van der Waals surface area contributed by atoms with Gasteiger partial charge in [0, 0.05) is 40.2 Å². The summed E-state index contributed by atoms with van der Waals surface area (Å²) in [6, 6.07) is 13.8. The highest BCUT2D eigenvalue weighted by Gasteiger charge is 2.52. The number of carboxylic acids is 1. The monoisotopic (exact) mass is 728 g/mol. The Balaban J connectivity index is 1.32. The molecule has 2 aromatic carbocycles. The minimum absolute atomic E-state index is 0.0605. The number of hydrogen-bond donors (Lipinski definition) is 3. The first-order valence-corrected chi connectivity index (χ1v) is 16.3. The van der Waals surface area contributed by atoms with Crippen LogP contribution < -0.4 is 10.6 Å². The van der Waals surface area contributed by atoms with Crippen LogP contribution in [0.2, 0.25) is 0 Å². The van der Waals surface area contributed by atoms with Crippen molar-refractivity contribution in [1.82, 2.24) is 10.6 Å². The Labute approximate surface area is 298 Å². The van der Waals surface area contributed by atoms with E-state index in [2.05, 4.69) is 10.6 Å². The van der Waals surface area contributed by atoms with E-state index in [1.54, 1.807) is 0 Å². The maximum Gasteiger partial charge on any atom is 0.407 e. The lowest BCUT2D eigenvalue weighted by Crippen LogP contribution is -2.63. The van der Waals surface area contributed by atoms with Crippen molar-refractivity contribution in [3.8, 4) is 11.1 Å². The van der Waals surface area contributed by atoms with Crippen LogP contribution in [0.5, 0.6) is 0 Å². The fourth-order valence-electron chi connectivity index (χ4n) is 5.93. The van der Waals surface area contributed by atoms with Crippen LogP contribution in [0, 0.1) is 0 Å². The number of esters is 4. The van der Waals surface area contributed by atoms with Gasteiger partial charge in [-0.15, -0.1) is 0 Å². The molecule has 0 spiro atoms. The molecule has 1 aliphatic carbocycles. The minimum atomic E-state index is -1.63. The van der Waals surface area contributed by atoms with Gasteiger partial charge in [-0.1, -0.05) is 48.5 Å². The molecule has 0 aromatic heterocycles. The summed E-state index contributed by atoms with van der Waals surface area (Å²) in [7, 11) is 0. The number of alkyl carbamates (subject to hydrolysis) is 1. The molecule has 280 valence electrons. The van der Waals surface area contributed by atoms with Crippen LogP contribution in [0.3, 0.4) is 0 Å². The number of amides is 2.